The summed E-state index contributed by atoms with van der Waals surface area (Å²) in [5, 5.41) is 12.0. The van der Waals surface area contributed by atoms with E-state index in [1.807, 2.05) is 13.8 Å². The van der Waals surface area contributed by atoms with Gasteiger partial charge in [-0.25, -0.2) is 0 Å². The van der Waals surface area contributed by atoms with Gasteiger partial charge in [0.1, 0.15) is 0 Å². The Bertz CT molecular complexity index is 208. The average molecular weight is 202 g/mol. The van der Waals surface area contributed by atoms with Crippen LogP contribution in [0.1, 0.15) is 13.8 Å². The molecule has 14 heavy (non-hydrogen) atoms. The SMILES string of the molecule is CC(C)C(N)C(=O)NC1COCC1O. The van der Waals surface area contributed by atoms with Crippen LogP contribution >= 0.6 is 0 Å². The van der Waals surface area contributed by atoms with E-state index < -0.39 is 12.1 Å². The van der Waals surface area contributed by atoms with Gasteiger partial charge in [-0.3, -0.25) is 4.79 Å². The summed E-state index contributed by atoms with van der Waals surface area (Å²) in [6, 6.07) is -0.838. The van der Waals surface area contributed by atoms with Crippen molar-refractivity contribution in [3.05, 3.63) is 0 Å². The second kappa shape index (κ2) is 4.72. The van der Waals surface area contributed by atoms with Gasteiger partial charge in [0.15, 0.2) is 0 Å². The minimum atomic E-state index is -0.613. The van der Waals surface area contributed by atoms with Crippen molar-refractivity contribution >= 4 is 5.91 Å². The van der Waals surface area contributed by atoms with Crippen molar-refractivity contribution in [1.82, 2.24) is 5.32 Å². The number of rotatable bonds is 3. The van der Waals surface area contributed by atoms with E-state index in [4.69, 9.17) is 10.5 Å². The number of carbonyl (C=O) groups excluding carboxylic acids is 1. The van der Waals surface area contributed by atoms with Crippen LogP contribution in [0.2, 0.25) is 0 Å². The van der Waals surface area contributed by atoms with E-state index in [1.54, 1.807) is 0 Å². The maximum atomic E-state index is 11.5. The number of nitrogens with two attached hydrogens (primary N) is 1. The second-order valence-electron chi connectivity index (χ2n) is 3.99. The molecule has 1 amide bonds. The van der Waals surface area contributed by atoms with E-state index in [0.29, 0.717) is 6.61 Å². The van der Waals surface area contributed by atoms with Gasteiger partial charge in [0, 0.05) is 0 Å². The maximum absolute atomic E-state index is 11.5. The second-order valence-corrected chi connectivity index (χ2v) is 3.99. The van der Waals surface area contributed by atoms with Crippen molar-refractivity contribution in [2.24, 2.45) is 11.7 Å². The fourth-order valence-electron chi connectivity index (χ4n) is 1.26. The molecule has 82 valence electrons. The molecular formula is C9H18N2O3. The van der Waals surface area contributed by atoms with Gasteiger partial charge < -0.3 is 20.9 Å². The Morgan fingerprint density at radius 3 is 2.64 bits per heavy atom. The minimum absolute atomic E-state index is 0.0921. The predicted molar refractivity (Wildman–Crippen MR) is 51.6 cm³/mol. The third kappa shape index (κ3) is 2.67. The quantitative estimate of drug-likeness (QED) is 0.539. The lowest BCUT2D eigenvalue weighted by molar-refractivity contribution is -0.124. The summed E-state index contributed by atoms with van der Waals surface area (Å²) in [6.45, 7) is 4.40. The molecule has 0 aromatic heterocycles. The topological polar surface area (TPSA) is 84.6 Å². The van der Waals surface area contributed by atoms with E-state index in [2.05, 4.69) is 5.32 Å². The molecule has 0 spiro atoms. The molecule has 0 saturated carbocycles. The van der Waals surface area contributed by atoms with Crippen molar-refractivity contribution in [1.29, 1.82) is 0 Å². The van der Waals surface area contributed by atoms with Crippen LogP contribution in [-0.4, -0.2) is 42.4 Å². The monoisotopic (exact) mass is 202 g/mol. The smallest absolute Gasteiger partial charge is 0.237 e. The Balaban J connectivity index is 2.40. The Labute approximate surface area is 83.6 Å². The summed E-state index contributed by atoms with van der Waals surface area (Å²) in [5.41, 5.74) is 5.65. The molecular weight excluding hydrogens is 184 g/mol. The molecule has 0 aromatic carbocycles. The van der Waals surface area contributed by atoms with E-state index in [9.17, 15) is 9.90 Å². The van der Waals surface area contributed by atoms with E-state index >= 15 is 0 Å². The number of amides is 1. The van der Waals surface area contributed by atoms with Crippen LogP contribution in [0, 0.1) is 5.92 Å². The largest absolute Gasteiger partial charge is 0.388 e. The van der Waals surface area contributed by atoms with Crippen LogP contribution in [0.15, 0.2) is 0 Å². The first-order valence-electron chi connectivity index (χ1n) is 4.84. The van der Waals surface area contributed by atoms with Crippen LogP contribution in [0.4, 0.5) is 0 Å². The number of aliphatic hydroxyl groups excluding tert-OH is 1. The summed E-state index contributed by atoms with van der Waals surface area (Å²) in [7, 11) is 0. The van der Waals surface area contributed by atoms with Gasteiger partial charge in [0.2, 0.25) is 5.91 Å². The van der Waals surface area contributed by atoms with Crippen molar-refractivity contribution < 1.29 is 14.6 Å². The highest BCUT2D eigenvalue weighted by atomic mass is 16.5. The summed E-state index contributed by atoms with van der Waals surface area (Å²) < 4.78 is 5.00. The molecule has 3 unspecified atom stereocenters. The molecule has 5 heteroatoms. The van der Waals surface area contributed by atoms with Gasteiger partial charge in [-0.15, -0.1) is 0 Å². The molecule has 5 nitrogen and oxygen atoms in total. The molecule has 1 aliphatic rings. The zero-order valence-electron chi connectivity index (χ0n) is 8.56. The lowest BCUT2D eigenvalue weighted by atomic mass is 10.0. The lowest BCUT2D eigenvalue weighted by Crippen LogP contribution is -2.51. The van der Waals surface area contributed by atoms with Gasteiger partial charge in [-0.05, 0) is 5.92 Å². The maximum Gasteiger partial charge on any atom is 0.237 e. The third-order valence-corrected chi connectivity index (χ3v) is 2.40. The summed E-state index contributed by atoms with van der Waals surface area (Å²) >= 11 is 0. The lowest BCUT2D eigenvalue weighted by Gasteiger charge is -2.19. The van der Waals surface area contributed by atoms with Crippen LogP contribution in [0.5, 0.6) is 0 Å². The highest BCUT2D eigenvalue weighted by Crippen LogP contribution is 2.06. The molecule has 4 N–H and O–H groups in total. The number of hydrogen-bond donors (Lipinski definition) is 3. The van der Waals surface area contributed by atoms with Gasteiger partial charge in [-0.1, -0.05) is 13.8 Å². The Morgan fingerprint density at radius 2 is 2.21 bits per heavy atom. The zero-order chi connectivity index (χ0) is 10.7. The van der Waals surface area contributed by atoms with Crippen molar-refractivity contribution in [2.45, 2.75) is 32.0 Å². The van der Waals surface area contributed by atoms with E-state index in [-0.39, 0.29) is 24.5 Å². The van der Waals surface area contributed by atoms with E-state index in [1.165, 1.54) is 0 Å². The molecule has 1 rings (SSSR count). The van der Waals surface area contributed by atoms with Crippen molar-refractivity contribution in [3.63, 3.8) is 0 Å². The van der Waals surface area contributed by atoms with Gasteiger partial charge in [0.05, 0.1) is 31.4 Å². The number of ether oxygens (including phenoxy) is 1. The number of hydrogen-bond acceptors (Lipinski definition) is 4. The highest BCUT2D eigenvalue weighted by Gasteiger charge is 2.29. The Kier molecular flexibility index (Phi) is 3.86. The molecule has 1 saturated heterocycles. The normalized spacial score (nSPS) is 29.2. The highest BCUT2D eigenvalue weighted by molar-refractivity contribution is 5.82. The fourth-order valence-corrected chi connectivity index (χ4v) is 1.26. The number of carbonyl (C=O) groups is 1. The van der Waals surface area contributed by atoms with Crippen molar-refractivity contribution in [2.75, 3.05) is 13.2 Å². The predicted octanol–water partition coefficient (Wildman–Crippen LogP) is -1.15. The summed E-state index contributed by atoms with van der Waals surface area (Å²) in [4.78, 5) is 11.5. The van der Waals surface area contributed by atoms with Crippen LogP contribution < -0.4 is 11.1 Å². The van der Waals surface area contributed by atoms with Crippen LogP contribution in [0.3, 0.4) is 0 Å². The Morgan fingerprint density at radius 1 is 1.57 bits per heavy atom. The van der Waals surface area contributed by atoms with Crippen LogP contribution in [0.25, 0.3) is 0 Å². The molecule has 3 atom stereocenters. The summed E-state index contributed by atoms with van der Waals surface area (Å²) in [5.74, 6) is -0.135. The third-order valence-electron chi connectivity index (χ3n) is 2.40. The molecule has 0 bridgehead atoms. The molecule has 1 aliphatic heterocycles. The summed E-state index contributed by atoms with van der Waals surface area (Å²) in [6.07, 6.45) is -0.613. The van der Waals surface area contributed by atoms with E-state index in [0.717, 1.165) is 0 Å². The first kappa shape index (κ1) is 11.4. The van der Waals surface area contributed by atoms with Gasteiger partial charge in [0.25, 0.3) is 0 Å². The first-order chi connectivity index (χ1) is 6.52. The molecule has 1 fully saturated rings. The number of aliphatic hydroxyl groups is 1. The zero-order valence-corrected chi connectivity index (χ0v) is 8.56. The van der Waals surface area contributed by atoms with Gasteiger partial charge >= 0.3 is 0 Å². The molecule has 0 aliphatic carbocycles. The van der Waals surface area contributed by atoms with Gasteiger partial charge in [-0.2, -0.15) is 0 Å². The molecule has 0 radical (unpaired) electrons. The minimum Gasteiger partial charge on any atom is -0.388 e. The number of nitrogens with one attached hydrogen (secondary N) is 1. The Hall–Kier alpha value is -0.650. The first-order valence-corrected chi connectivity index (χ1v) is 4.84. The van der Waals surface area contributed by atoms with Crippen molar-refractivity contribution in [3.8, 4) is 0 Å². The standard InChI is InChI=1S/C9H18N2O3/c1-5(2)8(10)9(13)11-6-3-14-4-7(6)12/h5-8,12H,3-4,10H2,1-2H3,(H,11,13). The molecule has 0 aromatic rings. The van der Waals surface area contributed by atoms with Crippen LogP contribution in [-0.2, 0) is 9.53 Å². The molecule has 1 heterocycles. The average Bonchev–Trinajstić information content (AvgIpc) is 2.50. The fraction of sp³-hybridized carbons (Fsp3) is 0.889.